The lowest BCUT2D eigenvalue weighted by atomic mass is 10.0. The minimum atomic E-state index is -0.288. The van der Waals surface area contributed by atoms with E-state index in [9.17, 15) is 9.18 Å². The number of aryl methyl sites for hydroxylation is 1. The molecule has 7 nitrogen and oxygen atoms in total. The van der Waals surface area contributed by atoms with Crippen LogP contribution in [0, 0.1) is 5.82 Å². The van der Waals surface area contributed by atoms with E-state index in [-0.39, 0.29) is 11.7 Å². The first-order chi connectivity index (χ1) is 15.6. The molecule has 2 N–H and O–H groups in total. The van der Waals surface area contributed by atoms with Crippen molar-refractivity contribution in [2.24, 2.45) is 0 Å². The number of carbonyl (C=O) groups excluding carboxylic acids is 1. The summed E-state index contributed by atoms with van der Waals surface area (Å²) in [6.07, 6.45) is 5.68. The summed E-state index contributed by atoms with van der Waals surface area (Å²) in [5.74, 6) is 0.623. The molecule has 0 saturated heterocycles. The largest absolute Gasteiger partial charge is 0.340 e. The Labute approximate surface area is 189 Å². The number of aromatic nitrogens is 4. The van der Waals surface area contributed by atoms with Gasteiger partial charge in [-0.15, -0.1) is 0 Å². The second kappa shape index (κ2) is 10.1. The van der Waals surface area contributed by atoms with Crippen LogP contribution in [-0.4, -0.2) is 25.2 Å². The number of anilines is 3. The van der Waals surface area contributed by atoms with E-state index in [1.54, 1.807) is 48.7 Å². The average molecular weight is 449 g/mol. The molecule has 4 rings (SSSR count). The Morgan fingerprint density at radius 3 is 2.72 bits per heavy atom. The van der Waals surface area contributed by atoms with Crippen molar-refractivity contribution in [3.05, 3.63) is 78.0 Å². The highest BCUT2D eigenvalue weighted by Crippen LogP contribution is 2.25. The number of hydrogen-bond donors (Lipinski definition) is 2. The number of hydrogen-bond acceptors (Lipinski definition) is 7. The van der Waals surface area contributed by atoms with Crippen molar-refractivity contribution in [1.82, 2.24) is 19.3 Å². The van der Waals surface area contributed by atoms with Gasteiger partial charge in [0, 0.05) is 34.5 Å². The van der Waals surface area contributed by atoms with Crippen LogP contribution < -0.4 is 10.6 Å². The van der Waals surface area contributed by atoms with Gasteiger partial charge < -0.3 is 5.32 Å². The van der Waals surface area contributed by atoms with Gasteiger partial charge in [-0.05, 0) is 66.9 Å². The van der Waals surface area contributed by atoms with E-state index < -0.39 is 0 Å². The van der Waals surface area contributed by atoms with Crippen LogP contribution in [0.4, 0.5) is 21.0 Å². The average Bonchev–Trinajstić information content (AvgIpc) is 3.28. The summed E-state index contributed by atoms with van der Waals surface area (Å²) in [6.45, 7) is 2.07. The Hall–Kier alpha value is -3.72. The van der Waals surface area contributed by atoms with E-state index in [4.69, 9.17) is 0 Å². The predicted molar refractivity (Wildman–Crippen MR) is 124 cm³/mol. The van der Waals surface area contributed by atoms with Crippen LogP contribution in [0.15, 0.2) is 61.1 Å². The number of benzene rings is 2. The molecule has 0 spiro atoms. The van der Waals surface area contributed by atoms with Crippen molar-refractivity contribution in [3.63, 3.8) is 0 Å². The monoisotopic (exact) mass is 448 g/mol. The summed E-state index contributed by atoms with van der Waals surface area (Å²) in [7, 11) is 0. The number of nitrogens with one attached hydrogen (secondary N) is 2. The highest BCUT2D eigenvalue weighted by molar-refractivity contribution is 7.10. The van der Waals surface area contributed by atoms with Crippen LogP contribution in [0.25, 0.3) is 11.4 Å². The highest BCUT2D eigenvalue weighted by atomic mass is 32.1. The molecule has 1 amide bonds. The molecule has 0 atom stereocenters. The molecule has 9 heteroatoms. The smallest absolute Gasteiger partial charge is 0.257 e. The van der Waals surface area contributed by atoms with E-state index in [1.165, 1.54) is 12.4 Å². The molecule has 0 unspecified atom stereocenters. The van der Waals surface area contributed by atoms with Crippen LogP contribution in [0.1, 0.15) is 35.7 Å². The molecule has 0 bridgehead atoms. The van der Waals surface area contributed by atoms with Gasteiger partial charge in [-0.25, -0.2) is 14.4 Å². The first-order valence-electron chi connectivity index (χ1n) is 10.2. The van der Waals surface area contributed by atoms with Crippen LogP contribution >= 0.6 is 11.5 Å². The van der Waals surface area contributed by atoms with Crippen molar-refractivity contribution in [2.75, 3.05) is 10.6 Å². The van der Waals surface area contributed by atoms with E-state index >= 15 is 0 Å². The topological polar surface area (TPSA) is 92.7 Å². The first kappa shape index (κ1) is 21.5. The fourth-order valence-electron chi connectivity index (χ4n) is 3.05. The van der Waals surface area contributed by atoms with E-state index in [0.29, 0.717) is 34.3 Å². The number of unbranched alkanes of at least 4 members (excludes halogenated alkanes) is 1. The lowest BCUT2D eigenvalue weighted by molar-refractivity contribution is 0.102. The van der Waals surface area contributed by atoms with E-state index in [2.05, 4.69) is 36.9 Å². The minimum absolute atomic E-state index is 0.219. The molecule has 0 aliphatic rings. The van der Waals surface area contributed by atoms with E-state index in [0.717, 1.165) is 35.6 Å². The van der Waals surface area contributed by atoms with Crippen molar-refractivity contribution in [1.29, 1.82) is 0 Å². The Morgan fingerprint density at radius 2 is 1.97 bits per heavy atom. The zero-order valence-electron chi connectivity index (χ0n) is 17.4. The zero-order chi connectivity index (χ0) is 22.3. The Bertz CT molecular complexity index is 1200. The summed E-state index contributed by atoms with van der Waals surface area (Å²) < 4.78 is 18.3. The van der Waals surface area contributed by atoms with E-state index in [1.807, 2.05) is 0 Å². The molecular formula is C23H21FN6OS. The van der Waals surface area contributed by atoms with Gasteiger partial charge in [-0.2, -0.15) is 9.36 Å². The maximum absolute atomic E-state index is 14.0. The predicted octanol–water partition coefficient (Wildman–Crippen LogP) is 5.47. The summed E-state index contributed by atoms with van der Waals surface area (Å²) in [5.41, 5.74) is 2.67. The van der Waals surface area contributed by atoms with Crippen molar-refractivity contribution >= 4 is 34.1 Å². The van der Waals surface area contributed by atoms with Crippen molar-refractivity contribution in [2.45, 2.75) is 26.2 Å². The zero-order valence-corrected chi connectivity index (χ0v) is 18.2. The third kappa shape index (κ3) is 5.30. The fourth-order valence-corrected chi connectivity index (χ4v) is 3.64. The normalized spacial score (nSPS) is 10.7. The Kier molecular flexibility index (Phi) is 6.76. The summed E-state index contributed by atoms with van der Waals surface area (Å²) >= 11 is 1.09. The summed E-state index contributed by atoms with van der Waals surface area (Å²) in [6, 6.07) is 13.6. The quantitative estimate of drug-likeness (QED) is 0.371. The maximum atomic E-state index is 14.0. The van der Waals surface area contributed by atoms with Crippen molar-refractivity contribution < 1.29 is 9.18 Å². The van der Waals surface area contributed by atoms with Gasteiger partial charge in [0.1, 0.15) is 18.0 Å². The molecule has 0 saturated carbocycles. The van der Waals surface area contributed by atoms with Gasteiger partial charge >= 0.3 is 0 Å². The van der Waals surface area contributed by atoms with Gasteiger partial charge in [0.2, 0.25) is 5.13 Å². The van der Waals surface area contributed by atoms with Crippen LogP contribution in [-0.2, 0) is 6.42 Å². The van der Waals surface area contributed by atoms with Gasteiger partial charge in [-0.3, -0.25) is 10.1 Å². The molecule has 4 aromatic rings. The number of nitrogens with zero attached hydrogens (tertiary/aromatic N) is 4. The molecule has 0 aliphatic heterocycles. The Morgan fingerprint density at radius 1 is 1.12 bits per heavy atom. The molecule has 0 fully saturated rings. The molecule has 162 valence electrons. The standard InChI is InChI=1S/C23H21FN6OS/c1-2-3-4-16-13-17(7-10-19(16)24)21-28-23(32-30-21)29-22(31)15-5-8-18(9-6-15)27-20-11-12-25-14-26-20/h5-14H,2-4H2,1H3,(H,25,26,27)(H,28,29,30,31). The molecule has 0 aliphatic carbocycles. The molecule has 2 aromatic heterocycles. The third-order valence-electron chi connectivity index (χ3n) is 4.75. The van der Waals surface area contributed by atoms with Crippen LogP contribution in [0.2, 0.25) is 0 Å². The van der Waals surface area contributed by atoms with Gasteiger partial charge in [0.05, 0.1) is 0 Å². The highest BCUT2D eigenvalue weighted by Gasteiger charge is 2.13. The van der Waals surface area contributed by atoms with Crippen molar-refractivity contribution in [3.8, 4) is 11.4 Å². The van der Waals surface area contributed by atoms with Gasteiger partial charge in [0.25, 0.3) is 5.91 Å². The number of carbonyl (C=O) groups is 1. The minimum Gasteiger partial charge on any atom is -0.340 e. The molecule has 0 radical (unpaired) electrons. The Balaban J connectivity index is 1.41. The lowest BCUT2D eigenvalue weighted by Gasteiger charge is -2.06. The number of amides is 1. The SMILES string of the molecule is CCCCc1cc(-c2nsc(NC(=O)c3ccc(Nc4ccncn4)cc3)n2)ccc1F. The van der Waals surface area contributed by atoms with Crippen LogP contribution in [0.3, 0.4) is 0 Å². The third-order valence-corrected chi connectivity index (χ3v) is 5.38. The summed E-state index contributed by atoms with van der Waals surface area (Å²) in [5, 5.41) is 6.28. The number of rotatable bonds is 8. The summed E-state index contributed by atoms with van der Waals surface area (Å²) in [4.78, 5) is 25.0. The second-order valence-electron chi connectivity index (χ2n) is 7.08. The maximum Gasteiger partial charge on any atom is 0.257 e. The molecular weight excluding hydrogens is 427 g/mol. The first-order valence-corrected chi connectivity index (χ1v) is 11.0. The van der Waals surface area contributed by atoms with Gasteiger partial charge in [-0.1, -0.05) is 13.3 Å². The van der Waals surface area contributed by atoms with Crippen LogP contribution in [0.5, 0.6) is 0 Å². The lowest BCUT2D eigenvalue weighted by Crippen LogP contribution is -2.11. The second-order valence-corrected chi connectivity index (χ2v) is 7.84. The molecule has 2 heterocycles. The molecule has 32 heavy (non-hydrogen) atoms. The number of halogens is 1. The van der Waals surface area contributed by atoms with Gasteiger partial charge in [0.15, 0.2) is 5.82 Å². The molecule has 2 aromatic carbocycles. The fraction of sp³-hybridized carbons (Fsp3) is 0.174.